The van der Waals surface area contributed by atoms with Crippen LogP contribution in [0.4, 0.5) is 0 Å². The highest BCUT2D eigenvalue weighted by molar-refractivity contribution is 6.01. The molecular formula is C23H30N3O4+. The molecule has 1 aliphatic heterocycles. The lowest BCUT2D eigenvalue weighted by Crippen LogP contribution is -2.90. The Kier molecular flexibility index (Phi) is 5.92. The Labute approximate surface area is 177 Å². The first-order valence-electron chi connectivity index (χ1n) is 9.81. The molecule has 0 aliphatic carbocycles. The van der Waals surface area contributed by atoms with Gasteiger partial charge in [-0.15, -0.1) is 0 Å². The number of hydrogen-bond acceptors (Lipinski definition) is 5. The average molecular weight is 413 g/mol. The molecule has 0 fully saturated rings. The summed E-state index contributed by atoms with van der Waals surface area (Å²) in [6, 6.07) is 7.59. The van der Waals surface area contributed by atoms with Gasteiger partial charge in [0.15, 0.2) is 11.5 Å². The SMILES string of the molecule is COc1cc(C(=O)NNC2=[NH+]C(C)(C)Cc3cc(C)c(C)cc32)cc(OC)c1OC. The molecule has 0 atom stereocenters. The fraction of sp³-hybridized carbons (Fsp3) is 0.391. The van der Waals surface area contributed by atoms with Gasteiger partial charge in [-0.05, 0) is 62.6 Å². The van der Waals surface area contributed by atoms with Crippen molar-refractivity contribution in [3.8, 4) is 17.2 Å². The molecule has 7 heteroatoms. The first-order chi connectivity index (χ1) is 14.2. The van der Waals surface area contributed by atoms with Gasteiger partial charge in [0.05, 0.1) is 32.5 Å². The molecule has 2 aromatic carbocycles. The molecule has 3 N–H and O–H groups in total. The van der Waals surface area contributed by atoms with Crippen molar-refractivity contribution in [2.45, 2.75) is 39.7 Å². The quantitative estimate of drug-likeness (QED) is 0.662. The molecule has 7 nitrogen and oxygen atoms in total. The number of fused-ring (bicyclic) bond motifs is 1. The van der Waals surface area contributed by atoms with E-state index >= 15 is 0 Å². The average Bonchev–Trinajstić information content (AvgIpc) is 2.71. The van der Waals surface area contributed by atoms with Gasteiger partial charge in [-0.25, -0.2) is 0 Å². The fourth-order valence-electron chi connectivity index (χ4n) is 3.68. The summed E-state index contributed by atoms with van der Waals surface area (Å²) in [4.78, 5) is 16.3. The molecule has 0 unspecified atom stereocenters. The molecule has 0 saturated carbocycles. The van der Waals surface area contributed by atoms with E-state index in [1.807, 2.05) is 0 Å². The highest BCUT2D eigenvalue weighted by Gasteiger charge is 2.32. The molecule has 30 heavy (non-hydrogen) atoms. The van der Waals surface area contributed by atoms with Crippen molar-refractivity contribution >= 4 is 11.7 Å². The van der Waals surface area contributed by atoms with Crippen LogP contribution in [0.5, 0.6) is 17.2 Å². The van der Waals surface area contributed by atoms with E-state index in [-0.39, 0.29) is 11.4 Å². The summed E-state index contributed by atoms with van der Waals surface area (Å²) < 4.78 is 16.0. The van der Waals surface area contributed by atoms with Gasteiger partial charge in [-0.3, -0.25) is 9.79 Å². The van der Waals surface area contributed by atoms with Crippen molar-refractivity contribution in [2.75, 3.05) is 21.3 Å². The van der Waals surface area contributed by atoms with E-state index in [0.717, 1.165) is 17.8 Å². The summed E-state index contributed by atoms with van der Waals surface area (Å²) >= 11 is 0. The van der Waals surface area contributed by atoms with Crippen LogP contribution in [-0.4, -0.2) is 38.6 Å². The van der Waals surface area contributed by atoms with Crippen LogP contribution in [-0.2, 0) is 6.42 Å². The van der Waals surface area contributed by atoms with Crippen LogP contribution in [0.25, 0.3) is 0 Å². The minimum Gasteiger partial charge on any atom is -0.493 e. The van der Waals surface area contributed by atoms with Gasteiger partial charge in [-0.2, -0.15) is 10.9 Å². The van der Waals surface area contributed by atoms with E-state index in [1.54, 1.807) is 12.1 Å². The number of hydrogen-bond donors (Lipinski definition) is 3. The summed E-state index contributed by atoms with van der Waals surface area (Å²) in [6.45, 7) is 8.47. The number of carbonyl (C=O) groups is 1. The van der Waals surface area contributed by atoms with E-state index in [2.05, 4.69) is 55.7 Å². The third-order valence-electron chi connectivity index (χ3n) is 5.31. The summed E-state index contributed by atoms with van der Waals surface area (Å²) in [5, 5.41) is 0. The Morgan fingerprint density at radius 3 is 2.13 bits per heavy atom. The molecule has 3 rings (SSSR count). The van der Waals surface area contributed by atoms with Crippen molar-refractivity contribution in [3.63, 3.8) is 0 Å². The van der Waals surface area contributed by atoms with Gasteiger partial charge < -0.3 is 14.2 Å². The molecule has 1 heterocycles. The van der Waals surface area contributed by atoms with Gasteiger partial charge in [0.1, 0.15) is 5.54 Å². The number of carbonyl (C=O) groups excluding carboxylic acids is 1. The molecule has 0 radical (unpaired) electrons. The van der Waals surface area contributed by atoms with E-state index in [0.29, 0.717) is 22.8 Å². The second-order valence-electron chi connectivity index (χ2n) is 8.15. The lowest BCUT2D eigenvalue weighted by molar-refractivity contribution is -0.547. The third-order valence-corrected chi connectivity index (χ3v) is 5.31. The number of benzene rings is 2. The number of rotatable bonds is 4. The molecular weight excluding hydrogens is 382 g/mol. The minimum absolute atomic E-state index is 0.145. The fourth-order valence-corrected chi connectivity index (χ4v) is 3.68. The number of aryl methyl sites for hydroxylation is 2. The van der Waals surface area contributed by atoms with Gasteiger partial charge in [0, 0.05) is 6.42 Å². The summed E-state index contributed by atoms with van der Waals surface area (Å²) in [7, 11) is 4.56. The maximum atomic E-state index is 12.9. The smallest absolute Gasteiger partial charge is 0.299 e. The number of methoxy groups -OCH3 is 3. The monoisotopic (exact) mass is 412 g/mol. The number of amides is 1. The van der Waals surface area contributed by atoms with Crippen LogP contribution in [0.3, 0.4) is 0 Å². The molecule has 0 spiro atoms. The second-order valence-corrected chi connectivity index (χ2v) is 8.15. The van der Waals surface area contributed by atoms with E-state index < -0.39 is 0 Å². The molecule has 0 saturated heterocycles. The lowest BCUT2D eigenvalue weighted by Gasteiger charge is -2.26. The van der Waals surface area contributed by atoms with Crippen molar-refractivity contribution < 1.29 is 24.0 Å². The van der Waals surface area contributed by atoms with E-state index in [4.69, 9.17) is 14.2 Å². The molecule has 1 aliphatic rings. The molecule has 0 bridgehead atoms. The Morgan fingerprint density at radius 2 is 1.57 bits per heavy atom. The summed E-state index contributed by atoms with van der Waals surface area (Å²) in [5.41, 5.74) is 10.9. The zero-order valence-electron chi connectivity index (χ0n) is 18.6. The third kappa shape index (κ3) is 4.20. The highest BCUT2D eigenvalue weighted by atomic mass is 16.5. The summed E-state index contributed by atoms with van der Waals surface area (Å²) in [5.74, 6) is 1.72. The van der Waals surface area contributed by atoms with E-state index in [1.165, 1.54) is 38.0 Å². The van der Waals surface area contributed by atoms with Gasteiger partial charge >= 0.3 is 0 Å². The van der Waals surface area contributed by atoms with Crippen molar-refractivity contribution in [3.05, 3.63) is 52.1 Å². The van der Waals surface area contributed by atoms with Gasteiger partial charge in [-0.1, -0.05) is 6.07 Å². The second kappa shape index (κ2) is 8.26. The maximum Gasteiger partial charge on any atom is 0.299 e. The van der Waals surface area contributed by atoms with Crippen LogP contribution in [0, 0.1) is 13.8 Å². The van der Waals surface area contributed by atoms with Crippen molar-refractivity contribution in [1.82, 2.24) is 10.9 Å². The Bertz CT molecular complexity index is 987. The topological polar surface area (TPSA) is 82.8 Å². The number of hydrazine groups is 1. The van der Waals surface area contributed by atoms with Gasteiger partial charge in [0.25, 0.3) is 11.7 Å². The number of ether oxygens (including phenoxy) is 3. The van der Waals surface area contributed by atoms with Crippen LogP contribution >= 0.6 is 0 Å². The summed E-state index contributed by atoms with van der Waals surface area (Å²) in [6.07, 6.45) is 0.898. The Morgan fingerprint density at radius 1 is 0.967 bits per heavy atom. The zero-order valence-corrected chi connectivity index (χ0v) is 18.6. The Hall–Kier alpha value is -3.22. The standard InChI is InChI=1S/C23H29N3O4/c1-13-8-16-12-23(3,4)24-21(17(16)9-14(13)2)25-26-22(27)15-10-18(28-5)20(30-7)19(11-15)29-6/h8-11H,12H2,1-7H3,(H,24,25)(H,26,27)/p+1. The van der Waals surface area contributed by atoms with Crippen LogP contribution in [0.2, 0.25) is 0 Å². The zero-order chi connectivity index (χ0) is 22.1. The predicted octanol–water partition coefficient (Wildman–Crippen LogP) is 1.43. The van der Waals surface area contributed by atoms with Crippen LogP contribution < -0.4 is 30.1 Å². The van der Waals surface area contributed by atoms with Crippen molar-refractivity contribution in [2.24, 2.45) is 0 Å². The van der Waals surface area contributed by atoms with Crippen LogP contribution in [0.1, 0.15) is 46.5 Å². The molecule has 2 aromatic rings. The first kappa shape index (κ1) is 21.5. The first-order valence-corrected chi connectivity index (χ1v) is 9.81. The lowest BCUT2D eigenvalue weighted by atomic mass is 9.86. The molecule has 160 valence electrons. The largest absolute Gasteiger partial charge is 0.493 e. The normalized spacial score (nSPS) is 14.3. The predicted molar refractivity (Wildman–Crippen MR) is 115 cm³/mol. The van der Waals surface area contributed by atoms with Crippen molar-refractivity contribution in [1.29, 1.82) is 0 Å². The number of nitrogens with one attached hydrogen (secondary N) is 3. The highest BCUT2D eigenvalue weighted by Crippen LogP contribution is 2.38. The maximum absolute atomic E-state index is 12.9. The molecule has 0 aromatic heterocycles. The van der Waals surface area contributed by atoms with E-state index in [9.17, 15) is 4.79 Å². The van der Waals surface area contributed by atoms with Gasteiger partial charge in [0.2, 0.25) is 5.75 Å². The Balaban J connectivity index is 1.87. The number of amidine groups is 1. The molecule has 1 amide bonds. The van der Waals surface area contributed by atoms with Crippen LogP contribution in [0.15, 0.2) is 24.3 Å². The minimum atomic E-state index is -0.322.